The Morgan fingerprint density at radius 3 is 2.20 bits per heavy atom. The van der Waals surface area contributed by atoms with Gasteiger partial charge in [0, 0.05) is 10.6 Å². The van der Waals surface area contributed by atoms with E-state index in [1.165, 1.54) is 21.6 Å². The number of thioether (sulfide) groups is 1. The van der Waals surface area contributed by atoms with Crippen LogP contribution in [0.15, 0.2) is 83.8 Å². The van der Waals surface area contributed by atoms with E-state index < -0.39 is 0 Å². The molecule has 0 amide bonds. The molecule has 0 nitrogen and oxygen atoms in total. The molecule has 0 bridgehead atoms. The molecule has 0 saturated heterocycles. The fraction of sp³-hybridized carbons (Fsp3) is 0.0526. The van der Waals surface area contributed by atoms with Crippen molar-refractivity contribution in [1.29, 1.82) is 0 Å². The van der Waals surface area contributed by atoms with Gasteiger partial charge in [0.2, 0.25) is 0 Å². The molecule has 0 aromatic heterocycles. The van der Waals surface area contributed by atoms with Gasteiger partial charge < -0.3 is 0 Å². The summed E-state index contributed by atoms with van der Waals surface area (Å²) < 4.78 is 0. The fourth-order valence-electron chi connectivity index (χ4n) is 2.12. The third kappa shape index (κ3) is 3.12. The third-order valence-electron chi connectivity index (χ3n) is 3.13. The van der Waals surface area contributed by atoms with Gasteiger partial charge in [0.05, 0.1) is 0 Å². The minimum absolute atomic E-state index is 0.973. The molecule has 0 aliphatic carbocycles. The first-order valence-corrected chi connectivity index (χ1v) is 7.65. The van der Waals surface area contributed by atoms with Gasteiger partial charge in [0.25, 0.3) is 0 Å². The normalized spacial score (nSPS) is 10.4. The molecule has 20 heavy (non-hydrogen) atoms. The average molecular weight is 275 g/mol. The Morgan fingerprint density at radius 1 is 0.750 bits per heavy atom. The van der Waals surface area contributed by atoms with E-state index in [1.807, 2.05) is 23.9 Å². The lowest BCUT2D eigenvalue weighted by Crippen LogP contribution is -1.84. The summed E-state index contributed by atoms with van der Waals surface area (Å²) in [4.78, 5) is 1.21. The molecular formula is C19H15S. The van der Waals surface area contributed by atoms with Crippen LogP contribution in [0, 0.1) is 6.07 Å². The summed E-state index contributed by atoms with van der Waals surface area (Å²) in [6.07, 6.45) is 0. The number of hydrogen-bond donors (Lipinski definition) is 0. The first kappa shape index (κ1) is 13.0. The number of hydrogen-bond acceptors (Lipinski definition) is 1. The molecule has 3 aromatic carbocycles. The lowest BCUT2D eigenvalue weighted by Gasteiger charge is -2.09. The van der Waals surface area contributed by atoms with E-state index in [1.54, 1.807) is 0 Å². The van der Waals surface area contributed by atoms with Gasteiger partial charge in [0.1, 0.15) is 0 Å². The molecule has 1 radical (unpaired) electrons. The number of benzene rings is 3. The molecule has 0 aliphatic rings. The van der Waals surface area contributed by atoms with Gasteiger partial charge in [-0.3, -0.25) is 0 Å². The standard InChI is InChI=1S/C19H15S/c1-3-9-16(10-4-1)15-20-19-14-8-7-13-18(19)17-11-5-2-6-12-17/h1-13H,15H2. The van der Waals surface area contributed by atoms with Crippen molar-refractivity contribution in [3.05, 3.63) is 90.5 Å². The maximum atomic E-state index is 3.37. The van der Waals surface area contributed by atoms with Gasteiger partial charge >= 0.3 is 0 Å². The predicted molar refractivity (Wildman–Crippen MR) is 86.7 cm³/mol. The monoisotopic (exact) mass is 275 g/mol. The van der Waals surface area contributed by atoms with E-state index in [2.05, 4.69) is 72.8 Å². The second kappa shape index (κ2) is 6.44. The molecule has 0 atom stereocenters. The van der Waals surface area contributed by atoms with Crippen LogP contribution >= 0.6 is 11.8 Å². The van der Waals surface area contributed by atoms with Crippen LogP contribution in [0.4, 0.5) is 0 Å². The Hall–Kier alpha value is -1.99. The highest BCUT2D eigenvalue weighted by atomic mass is 32.2. The van der Waals surface area contributed by atoms with Crippen LogP contribution in [0.5, 0.6) is 0 Å². The van der Waals surface area contributed by atoms with Crippen LogP contribution in [-0.2, 0) is 5.75 Å². The summed E-state index contributed by atoms with van der Waals surface area (Å²) in [6, 6.07) is 30.6. The summed E-state index contributed by atoms with van der Waals surface area (Å²) >= 11 is 1.84. The van der Waals surface area contributed by atoms with Crippen molar-refractivity contribution >= 4 is 11.8 Å². The molecule has 97 valence electrons. The molecule has 0 fully saturated rings. The highest BCUT2D eigenvalue weighted by Crippen LogP contribution is 2.32. The van der Waals surface area contributed by atoms with Crippen LogP contribution in [0.25, 0.3) is 11.1 Å². The molecule has 1 heteroatoms. The van der Waals surface area contributed by atoms with Crippen molar-refractivity contribution in [3.8, 4) is 11.1 Å². The van der Waals surface area contributed by atoms with Crippen molar-refractivity contribution in [2.75, 3.05) is 0 Å². The summed E-state index contributed by atoms with van der Waals surface area (Å²) in [5.41, 5.74) is 3.85. The minimum atomic E-state index is 0.973. The Labute approximate surface area is 124 Å². The fourth-order valence-corrected chi connectivity index (χ4v) is 3.11. The van der Waals surface area contributed by atoms with Gasteiger partial charge in [-0.15, -0.1) is 11.8 Å². The summed E-state index contributed by atoms with van der Waals surface area (Å²) in [6.45, 7) is 0. The van der Waals surface area contributed by atoms with Gasteiger partial charge in [-0.25, -0.2) is 0 Å². The average Bonchev–Trinajstić information content (AvgIpc) is 2.55. The van der Waals surface area contributed by atoms with E-state index in [4.69, 9.17) is 0 Å². The second-order valence-electron chi connectivity index (χ2n) is 4.55. The van der Waals surface area contributed by atoms with Crippen molar-refractivity contribution < 1.29 is 0 Å². The lowest BCUT2D eigenvalue weighted by atomic mass is 10.1. The van der Waals surface area contributed by atoms with E-state index in [9.17, 15) is 0 Å². The van der Waals surface area contributed by atoms with E-state index in [0.717, 1.165) is 5.75 Å². The molecule has 0 N–H and O–H groups in total. The zero-order valence-electron chi connectivity index (χ0n) is 11.1. The summed E-state index contributed by atoms with van der Waals surface area (Å²) in [5.74, 6) is 0.973. The van der Waals surface area contributed by atoms with Crippen LogP contribution < -0.4 is 0 Å². The van der Waals surface area contributed by atoms with E-state index in [-0.39, 0.29) is 0 Å². The quantitative estimate of drug-likeness (QED) is 0.571. The maximum Gasteiger partial charge on any atom is 0.0233 e. The number of rotatable bonds is 4. The van der Waals surface area contributed by atoms with Crippen LogP contribution in [-0.4, -0.2) is 0 Å². The Bertz CT molecular complexity index is 660. The Morgan fingerprint density at radius 2 is 1.45 bits per heavy atom. The molecular weight excluding hydrogens is 260 g/mol. The zero-order chi connectivity index (χ0) is 13.6. The van der Waals surface area contributed by atoms with Crippen molar-refractivity contribution in [2.24, 2.45) is 0 Å². The van der Waals surface area contributed by atoms with Gasteiger partial charge in [0.15, 0.2) is 0 Å². The van der Waals surface area contributed by atoms with Gasteiger partial charge in [-0.2, -0.15) is 0 Å². The summed E-state index contributed by atoms with van der Waals surface area (Å²) in [5, 5.41) is 0. The van der Waals surface area contributed by atoms with Crippen molar-refractivity contribution in [2.45, 2.75) is 10.6 Å². The zero-order valence-corrected chi connectivity index (χ0v) is 11.9. The molecule has 3 rings (SSSR count). The van der Waals surface area contributed by atoms with Crippen LogP contribution in [0.1, 0.15) is 5.56 Å². The van der Waals surface area contributed by atoms with E-state index >= 15 is 0 Å². The molecule has 0 aliphatic heterocycles. The molecule has 0 unspecified atom stereocenters. The Balaban J connectivity index is 1.84. The van der Waals surface area contributed by atoms with Crippen molar-refractivity contribution in [3.63, 3.8) is 0 Å². The molecule has 3 aromatic rings. The van der Waals surface area contributed by atoms with Gasteiger partial charge in [-0.1, -0.05) is 78.9 Å². The highest BCUT2D eigenvalue weighted by Gasteiger charge is 2.05. The van der Waals surface area contributed by atoms with E-state index in [0.29, 0.717) is 0 Å². The molecule has 0 spiro atoms. The lowest BCUT2D eigenvalue weighted by molar-refractivity contribution is 1.37. The molecule has 0 heterocycles. The predicted octanol–water partition coefficient (Wildman–Crippen LogP) is 5.45. The second-order valence-corrected chi connectivity index (χ2v) is 5.54. The van der Waals surface area contributed by atoms with Crippen molar-refractivity contribution in [1.82, 2.24) is 0 Å². The van der Waals surface area contributed by atoms with Gasteiger partial charge in [-0.05, 0) is 22.8 Å². The minimum Gasteiger partial charge on any atom is -0.120 e. The smallest absolute Gasteiger partial charge is 0.0233 e. The first-order valence-electron chi connectivity index (χ1n) is 6.66. The Kier molecular flexibility index (Phi) is 4.19. The van der Waals surface area contributed by atoms with Crippen LogP contribution in [0.2, 0.25) is 0 Å². The summed E-state index contributed by atoms with van der Waals surface area (Å²) in [7, 11) is 0. The first-order chi connectivity index (χ1) is 9.93. The highest BCUT2D eigenvalue weighted by molar-refractivity contribution is 7.98. The maximum absolute atomic E-state index is 3.37. The third-order valence-corrected chi connectivity index (χ3v) is 4.23. The largest absolute Gasteiger partial charge is 0.120 e. The van der Waals surface area contributed by atoms with Crippen LogP contribution in [0.3, 0.4) is 0 Å². The SMILES string of the molecule is [c]1cccc(-c2ccccc2)c1SCc1ccccc1. The molecule has 0 saturated carbocycles. The topological polar surface area (TPSA) is 0 Å².